The Balaban J connectivity index is 1.56. The molecule has 1 aromatic heterocycles. The van der Waals surface area contributed by atoms with E-state index < -0.39 is 0 Å². The van der Waals surface area contributed by atoms with Gasteiger partial charge < -0.3 is 18.8 Å². The largest absolute Gasteiger partial charge is 0.497 e. The first-order valence-corrected chi connectivity index (χ1v) is 11.8. The van der Waals surface area contributed by atoms with Crippen LogP contribution >= 0.6 is 24.0 Å². The topological polar surface area (TPSA) is 51.9 Å². The molecule has 5 nitrogen and oxygen atoms in total. The second-order valence-electron chi connectivity index (χ2n) is 8.18. The molecule has 2 aliphatic rings. The molecule has 31 heavy (non-hydrogen) atoms. The normalized spacial score (nSPS) is 22.4. The van der Waals surface area contributed by atoms with Crippen LogP contribution in [0.15, 0.2) is 39.7 Å². The van der Waals surface area contributed by atoms with Crippen LogP contribution in [0.1, 0.15) is 31.4 Å². The van der Waals surface area contributed by atoms with Crippen molar-refractivity contribution in [2.45, 2.75) is 31.7 Å². The third-order valence-corrected chi connectivity index (χ3v) is 7.37. The number of likely N-dealkylation sites (N-methyl/N-ethyl adjacent to an activating group) is 1. The Labute approximate surface area is 192 Å². The van der Waals surface area contributed by atoms with Crippen LogP contribution in [0.3, 0.4) is 0 Å². The summed E-state index contributed by atoms with van der Waals surface area (Å²) in [6, 6.07) is 9.65. The summed E-state index contributed by atoms with van der Waals surface area (Å²) in [5.41, 5.74) is 0.838. The van der Waals surface area contributed by atoms with Gasteiger partial charge >= 0.3 is 0 Å². The lowest BCUT2D eigenvalue weighted by Gasteiger charge is -2.31. The number of thiocarbonyl (C=S) groups is 1. The first-order chi connectivity index (χ1) is 15.0. The molecule has 0 spiro atoms. The van der Waals surface area contributed by atoms with Gasteiger partial charge in [0.05, 0.1) is 19.1 Å². The van der Waals surface area contributed by atoms with Crippen molar-refractivity contribution < 1.29 is 18.7 Å². The lowest BCUT2D eigenvalue weighted by Crippen LogP contribution is -2.40. The Hall–Kier alpha value is -2.25. The lowest BCUT2D eigenvalue weighted by atomic mass is 9.94. The molecule has 0 saturated heterocycles. The Morgan fingerprint density at radius 2 is 1.90 bits per heavy atom. The molecular formula is C24H27NO4S2. The molecule has 164 valence electrons. The molecule has 7 heteroatoms. The zero-order chi connectivity index (χ0) is 22.0. The zero-order valence-corrected chi connectivity index (χ0v) is 19.6. The predicted octanol–water partition coefficient (Wildman–Crippen LogP) is 5.64. The number of carbonyl (C=O) groups is 1. The average Bonchev–Trinajstić information content (AvgIpc) is 3.54. The van der Waals surface area contributed by atoms with E-state index in [4.69, 9.17) is 26.1 Å². The Morgan fingerprint density at radius 1 is 1.16 bits per heavy atom. The molecule has 1 aromatic carbocycles. The molecular weight excluding hydrogens is 430 g/mol. The SMILES string of the molecule is COc1cc(OC)cc(-c2ccc(/C=C(\SC=S)C(=O)N(C)C3CC4CCC3C4)o2)c1. The van der Waals surface area contributed by atoms with E-state index in [1.807, 2.05) is 42.3 Å². The van der Waals surface area contributed by atoms with Crippen LogP contribution in [0.4, 0.5) is 0 Å². The van der Waals surface area contributed by atoms with Gasteiger partial charge in [-0.25, -0.2) is 0 Å². The smallest absolute Gasteiger partial charge is 0.260 e. The molecule has 2 aromatic rings. The highest BCUT2D eigenvalue weighted by atomic mass is 32.2. The van der Waals surface area contributed by atoms with Crippen molar-refractivity contribution in [3.8, 4) is 22.8 Å². The van der Waals surface area contributed by atoms with E-state index in [1.165, 1.54) is 35.7 Å². The number of carbonyl (C=O) groups excluding carboxylic acids is 1. The quantitative estimate of drug-likeness (QED) is 0.378. The van der Waals surface area contributed by atoms with Crippen LogP contribution < -0.4 is 9.47 Å². The van der Waals surface area contributed by atoms with E-state index in [-0.39, 0.29) is 5.91 Å². The van der Waals surface area contributed by atoms with Crippen molar-refractivity contribution in [2.75, 3.05) is 21.3 Å². The maximum Gasteiger partial charge on any atom is 0.260 e. The summed E-state index contributed by atoms with van der Waals surface area (Å²) in [7, 11) is 5.14. The first-order valence-electron chi connectivity index (χ1n) is 10.4. The van der Waals surface area contributed by atoms with Crippen molar-refractivity contribution in [2.24, 2.45) is 11.8 Å². The van der Waals surface area contributed by atoms with Crippen molar-refractivity contribution >= 4 is 40.7 Å². The Morgan fingerprint density at radius 3 is 2.48 bits per heavy atom. The third kappa shape index (κ3) is 4.67. The molecule has 0 aliphatic heterocycles. The molecule has 3 unspecified atom stereocenters. The second-order valence-corrected chi connectivity index (χ2v) is 9.63. The van der Waals surface area contributed by atoms with Crippen LogP contribution in [-0.2, 0) is 4.79 Å². The van der Waals surface area contributed by atoms with Gasteiger partial charge in [0.25, 0.3) is 5.91 Å². The molecule has 2 bridgehead atoms. The zero-order valence-electron chi connectivity index (χ0n) is 18.0. The van der Waals surface area contributed by atoms with Gasteiger partial charge in [0.15, 0.2) is 0 Å². The molecule has 2 aliphatic carbocycles. The monoisotopic (exact) mass is 457 g/mol. The number of benzene rings is 1. The van der Waals surface area contributed by atoms with Gasteiger partial charge in [-0.05, 0) is 55.4 Å². The second kappa shape index (κ2) is 9.49. The molecule has 2 saturated carbocycles. The number of thioether (sulfide) groups is 1. The summed E-state index contributed by atoms with van der Waals surface area (Å²) >= 11 is 6.31. The standard InChI is InChI=1S/C24H27NO4S2/c1-25(21-9-15-4-5-16(21)8-15)24(26)23(31-14-30)13-18-6-7-22(29-18)17-10-19(27-2)12-20(11-17)28-3/h6-7,10-16,21H,4-5,8-9H2,1-3H3/b23-13-. The van der Waals surface area contributed by atoms with Gasteiger partial charge in [-0.1, -0.05) is 30.4 Å². The van der Waals surface area contributed by atoms with E-state index in [2.05, 4.69) is 0 Å². The minimum atomic E-state index is 0.00431. The first kappa shape index (κ1) is 22.0. The van der Waals surface area contributed by atoms with E-state index in [1.54, 1.807) is 20.3 Å². The van der Waals surface area contributed by atoms with E-state index in [9.17, 15) is 4.79 Å². The minimum absolute atomic E-state index is 0.00431. The summed E-state index contributed by atoms with van der Waals surface area (Å²) in [5.74, 6) is 4.06. The van der Waals surface area contributed by atoms with Crippen molar-refractivity contribution in [1.82, 2.24) is 4.90 Å². The maximum absolute atomic E-state index is 13.2. The number of rotatable bonds is 8. The summed E-state index contributed by atoms with van der Waals surface area (Å²) in [5, 5.41) is 0. The fraction of sp³-hybridized carbons (Fsp3) is 0.417. The highest BCUT2D eigenvalue weighted by Crippen LogP contribution is 2.46. The summed E-state index contributed by atoms with van der Waals surface area (Å²) < 4.78 is 18.2. The maximum atomic E-state index is 13.2. The fourth-order valence-electron chi connectivity index (χ4n) is 4.87. The van der Waals surface area contributed by atoms with Crippen LogP contribution in [-0.4, -0.2) is 42.8 Å². The highest BCUT2D eigenvalue weighted by molar-refractivity contribution is 8.24. The van der Waals surface area contributed by atoms with Crippen molar-refractivity contribution in [1.29, 1.82) is 0 Å². The molecule has 1 heterocycles. The van der Waals surface area contributed by atoms with Gasteiger partial charge in [0.2, 0.25) is 0 Å². The number of amides is 1. The number of hydrogen-bond donors (Lipinski definition) is 0. The predicted molar refractivity (Wildman–Crippen MR) is 128 cm³/mol. The van der Waals surface area contributed by atoms with Crippen molar-refractivity contribution in [3.05, 3.63) is 41.0 Å². The average molecular weight is 458 g/mol. The van der Waals surface area contributed by atoms with Crippen LogP contribution in [0.25, 0.3) is 17.4 Å². The van der Waals surface area contributed by atoms with Gasteiger partial charge in [-0.2, -0.15) is 0 Å². The molecule has 0 radical (unpaired) electrons. The van der Waals surface area contributed by atoms with E-state index >= 15 is 0 Å². The Bertz CT molecular complexity index is 977. The van der Waals surface area contributed by atoms with Crippen LogP contribution in [0.2, 0.25) is 0 Å². The van der Waals surface area contributed by atoms with E-state index in [0.717, 1.165) is 17.9 Å². The molecule has 3 atom stereocenters. The number of ether oxygens (including phenoxy) is 2. The van der Waals surface area contributed by atoms with Gasteiger partial charge in [-0.15, -0.1) is 0 Å². The minimum Gasteiger partial charge on any atom is -0.497 e. The van der Waals surface area contributed by atoms with Crippen molar-refractivity contribution in [3.63, 3.8) is 0 Å². The number of furan rings is 1. The highest BCUT2D eigenvalue weighted by Gasteiger charge is 2.42. The van der Waals surface area contributed by atoms with Gasteiger partial charge in [-0.3, -0.25) is 4.79 Å². The number of nitrogens with zero attached hydrogens (tertiary/aromatic N) is 1. The number of hydrogen-bond acceptors (Lipinski definition) is 6. The third-order valence-electron chi connectivity index (χ3n) is 6.44. The number of methoxy groups -OCH3 is 2. The lowest BCUT2D eigenvalue weighted by molar-refractivity contribution is -0.127. The molecule has 0 N–H and O–H groups in total. The number of fused-ring (bicyclic) bond motifs is 2. The summed E-state index contributed by atoms with van der Waals surface area (Å²) in [4.78, 5) is 15.7. The van der Waals surface area contributed by atoms with Crippen LogP contribution in [0.5, 0.6) is 11.5 Å². The Kier molecular flexibility index (Phi) is 6.72. The summed E-state index contributed by atoms with van der Waals surface area (Å²) in [6.07, 6.45) is 6.70. The van der Waals surface area contributed by atoms with Gasteiger partial charge in [0, 0.05) is 35.5 Å². The molecule has 4 rings (SSSR count). The molecule has 2 fully saturated rings. The van der Waals surface area contributed by atoms with E-state index in [0.29, 0.717) is 39.9 Å². The fourth-order valence-corrected chi connectivity index (χ4v) is 5.72. The molecule has 1 amide bonds. The van der Waals surface area contributed by atoms with Crippen LogP contribution in [0, 0.1) is 11.8 Å². The summed E-state index contributed by atoms with van der Waals surface area (Å²) in [6.45, 7) is 0. The van der Waals surface area contributed by atoms with Gasteiger partial charge in [0.1, 0.15) is 23.0 Å².